The summed E-state index contributed by atoms with van der Waals surface area (Å²) in [5.41, 5.74) is 0.269. The van der Waals surface area contributed by atoms with Crippen molar-refractivity contribution in [3.8, 4) is 0 Å². The molecule has 1 aromatic carbocycles. The Labute approximate surface area is 129 Å². The predicted molar refractivity (Wildman–Crippen MR) is 80.6 cm³/mol. The highest BCUT2D eigenvalue weighted by molar-refractivity contribution is 6.30. The SMILES string of the molecule is CC(C)(C)OC(=O)N(CCc1cccc(Cl)c1)CC(=O)O. The summed E-state index contributed by atoms with van der Waals surface area (Å²) < 4.78 is 5.21. The molecule has 6 heteroatoms. The molecule has 0 spiro atoms. The number of amides is 1. The lowest BCUT2D eigenvalue weighted by Crippen LogP contribution is -2.40. The molecule has 1 rings (SSSR count). The Hall–Kier alpha value is -1.75. The van der Waals surface area contributed by atoms with Gasteiger partial charge in [-0.05, 0) is 44.9 Å². The molecule has 0 aliphatic carbocycles. The van der Waals surface area contributed by atoms with Crippen molar-refractivity contribution >= 4 is 23.7 Å². The number of ether oxygens (including phenoxy) is 1. The third-order valence-electron chi connectivity index (χ3n) is 2.54. The van der Waals surface area contributed by atoms with Crippen LogP contribution < -0.4 is 0 Å². The van der Waals surface area contributed by atoms with E-state index in [0.29, 0.717) is 11.4 Å². The largest absolute Gasteiger partial charge is 0.480 e. The highest BCUT2D eigenvalue weighted by Crippen LogP contribution is 2.13. The molecule has 0 bridgehead atoms. The smallest absolute Gasteiger partial charge is 0.410 e. The van der Waals surface area contributed by atoms with Crippen LogP contribution in [-0.4, -0.2) is 40.8 Å². The van der Waals surface area contributed by atoms with E-state index in [1.54, 1.807) is 32.9 Å². The molecule has 5 nitrogen and oxygen atoms in total. The monoisotopic (exact) mass is 313 g/mol. The van der Waals surface area contributed by atoms with Crippen LogP contribution in [0.1, 0.15) is 26.3 Å². The van der Waals surface area contributed by atoms with Crippen LogP contribution in [0.15, 0.2) is 24.3 Å². The van der Waals surface area contributed by atoms with E-state index in [1.165, 1.54) is 4.90 Å². The van der Waals surface area contributed by atoms with E-state index in [1.807, 2.05) is 12.1 Å². The van der Waals surface area contributed by atoms with Crippen LogP contribution in [0, 0.1) is 0 Å². The van der Waals surface area contributed by atoms with Crippen LogP contribution in [0.4, 0.5) is 4.79 Å². The molecule has 21 heavy (non-hydrogen) atoms. The van der Waals surface area contributed by atoms with Gasteiger partial charge < -0.3 is 9.84 Å². The summed E-state index contributed by atoms with van der Waals surface area (Å²) in [6, 6.07) is 7.23. The first kappa shape index (κ1) is 17.3. The fraction of sp³-hybridized carbons (Fsp3) is 0.467. The van der Waals surface area contributed by atoms with Crippen LogP contribution in [0.25, 0.3) is 0 Å². The standard InChI is InChI=1S/C15H20ClNO4/c1-15(2,3)21-14(20)17(10-13(18)19)8-7-11-5-4-6-12(16)9-11/h4-6,9H,7-8,10H2,1-3H3,(H,18,19). The molecule has 0 aromatic heterocycles. The molecule has 1 amide bonds. The summed E-state index contributed by atoms with van der Waals surface area (Å²) in [5.74, 6) is -1.08. The fourth-order valence-electron chi connectivity index (χ4n) is 1.68. The first-order valence-electron chi connectivity index (χ1n) is 6.61. The molecule has 0 radical (unpaired) electrons. The second-order valence-electron chi connectivity index (χ2n) is 5.68. The van der Waals surface area contributed by atoms with Crippen molar-refractivity contribution in [1.29, 1.82) is 0 Å². The quantitative estimate of drug-likeness (QED) is 0.906. The number of carboxylic acid groups (broad SMARTS) is 1. The molecule has 1 N–H and O–H groups in total. The van der Waals surface area contributed by atoms with Crippen molar-refractivity contribution < 1.29 is 19.4 Å². The van der Waals surface area contributed by atoms with E-state index in [0.717, 1.165) is 5.56 Å². The molecule has 0 unspecified atom stereocenters. The van der Waals surface area contributed by atoms with E-state index in [-0.39, 0.29) is 6.54 Å². The number of carboxylic acids is 1. The Morgan fingerprint density at radius 1 is 1.33 bits per heavy atom. The summed E-state index contributed by atoms with van der Waals surface area (Å²) in [5, 5.41) is 9.51. The number of hydrogen-bond acceptors (Lipinski definition) is 3. The Kier molecular flexibility index (Phi) is 6.03. The third-order valence-corrected chi connectivity index (χ3v) is 2.77. The van der Waals surface area contributed by atoms with Gasteiger partial charge in [-0.15, -0.1) is 0 Å². The maximum absolute atomic E-state index is 12.0. The molecule has 0 heterocycles. The molecule has 1 aromatic rings. The summed E-state index contributed by atoms with van der Waals surface area (Å²) in [6.07, 6.45) is -0.125. The van der Waals surface area contributed by atoms with Crippen LogP contribution in [-0.2, 0) is 16.0 Å². The zero-order valence-electron chi connectivity index (χ0n) is 12.4. The van der Waals surface area contributed by atoms with Crippen molar-refractivity contribution in [2.24, 2.45) is 0 Å². The van der Waals surface area contributed by atoms with Gasteiger partial charge in [-0.2, -0.15) is 0 Å². The highest BCUT2D eigenvalue weighted by atomic mass is 35.5. The van der Waals surface area contributed by atoms with Gasteiger partial charge in [0.25, 0.3) is 0 Å². The zero-order chi connectivity index (χ0) is 16.0. The van der Waals surface area contributed by atoms with Crippen LogP contribution in [0.2, 0.25) is 5.02 Å². The van der Waals surface area contributed by atoms with E-state index in [9.17, 15) is 9.59 Å². The molecule has 0 saturated heterocycles. The number of halogens is 1. The van der Waals surface area contributed by atoms with E-state index >= 15 is 0 Å². The second kappa shape index (κ2) is 7.31. The topological polar surface area (TPSA) is 66.8 Å². The molecule has 0 saturated carbocycles. The van der Waals surface area contributed by atoms with E-state index in [4.69, 9.17) is 21.4 Å². The maximum Gasteiger partial charge on any atom is 0.410 e. The van der Waals surface area contributed by atoms with Gasteiger partial charge >= 0.3 is 12.1 Å². The number of carbonyl (C=O) groups excluding carboxylic acids is 1. The number of hydrogen-bond donors (Lipinski definition) is 1. The summed E-state index contributed by atoms with van der Waals surface area (Å²) >= 11 is 5.89. The van der Waals surface area contributed by atoms with Crippen LogP contribution in [0.3, 0.4) is 0 Å². The molecule has 0 aliphatic heterocycles. The summed E-state index contributed by atoms with van der Waals surface area (Å²) in [6.45, 7) is 5.07. The Balaban J connectivity index is 2.70. The minimum Gasteiger partial charge on any atom is -0.480 e. The van der Waals surface area contributed by atoms with Gasteiger partial charge in [-0.1, -0.05) is 23.7 Å². The maximum atomic E-state index is 12.0. The third kappa shape index (κ3) is 6.99. The molecule has 116 valence electrons. The number of aliphatic carboxylic acids is 1. The summed E-state index contributed by atoms with van der Waals surface area (Å²) in [4.78, 5) is 24.0. The average molecular weight is 314 g/mol. The zero-order valence-corrected chi connectivity index (χ0v) is 13.2. The van der Waals surface area contributed by atoms with Gasteiger partial charge in [-0.25, -0.2) is 4.79 Å². The minimum atomic E-state index is -1.08. The Bertz CT molecular complexity index is 511. The number of nitrogens with zero attached hydrogens (tertiary/aromatic N) is 1. The minimum absolute atomic E-state index is 0.252. The van der Waals surface area contributed by atoms with Gasteiger partial charge in [-0.3, -0.25) is 9.69 Å². The number of benzene rings is 1. The van der Waals surface area contributed by atoms with Gasteiger partial charge in [0.2, 0.25) is 0 Å². The Morgan fingerprint density at radius 3 is 2.52 bits per heavy atom. The first-order chi connectivity index (χ1) is 9.67. The number of carbonyl (C=O) groups is 2. The molecule has 0 aliphatic rings. The van der Waals surface area contributed by atoms with Crippen molar-refractivity contribution in [2.75, 3.05) is 13.1 Å². The molecule has 0 atom stereocenters. The van der Waals surface area contributed by atoms with Crippen LogP contribution in [0.5, 0.6) is 0 Å². The van der Waals surface area contributed by atoms with Crippen molar-refractivity contribution in [3.05, 3.63) is 34.9 Å². The Morgan fingerprint density at radius 2 is 2.00 bits per heavy atom. The molecule has 0 fully saturated rings. The first-order valence-corrected chi connectivity index (χ1v) is 6.99. The van der Waals surface area contributed by atoms with Gasteiger partial charge in [0.05, 0.1) is 0 Å². The lowest BCUT2D eigenvalue weighted by atomic mass is 10.1. The van der Waals surface area contributed by atoms with Gasteiger partial charge in [0, 0.05) is 11.6 Å². The number of rotatable bonds is 5. The normalized spacial score (nSPS) is 11.0. The van der Waals surface area contributed by atoms with E-state index in [2.05, 4.69) is 0 Å². The van der Waals surface area contributed by atoms with Crippen molar-refractivity contribution in [3.63, 3.8) is 0 Å². The van der Waals surface area contributed by atoms with Crippen LogP contribution >= 0.6 is 11.6 Å². The van der Waals surface area contributed by atoms with Gasteiger partial charge in [0.1, 0.15) is 12.1 Å². The predicted octanol–water partition coefficient (Wildman–Crippen LogP) is 3.20. The van der Waals surface area contributed by atoms with Crippen molar-refractivity contribution in [2.45, 2.75) is 32.8 Å². The average Bonchev–Trinajstić information content (AvgIpc) is 2.32. The second-order valence-corrected chi connectivity index (χ2v) is 6.11. The highest BCUT2D eigenvalue weighted by Gasteiger charge is 2.23. The van der Waals surface area contributed by atoms with Crippen molar-refractivity contribution in [1.82, 2.24) is 4.90 Å². The van der Waals surface area contributed by atoms with Gasteiger partial charge in [0.15, 0.2) is 0 Å². The lowest BCUT2D eigenvalue weighted by molar-refractivity contribution is -0.138. The fourth-order valence-corrected chi connectivity index (χ4v) is 1.89. The molecular weight excluding hydrogens is 294 g/mol. The van der Waals surface area contributed by atoms with E-state index < -0.39 is 24.2 Å². The lowest BCUT2D eigenvalue weighted by Gasteiger charge is -2.26. The molecular formula is C15H20ClNO4. The summed E-state index contributed by atoms with van der Waals surface area (Å²) in [7, 11) is 0.